The van der Waals surface area contributed by atoms with Crippen LogP contribution in [0.1, 0.15) is 0 Å². The zero-order valence-electron chi connectivity index (χ0n) is 5.04. The van der Waals surface area contributed by atoms with Crippen LogP contribution in [0, 0.1) is 4.51 Å². The summed E-state index contributed by atoms with van der Waals surface area (Å²) >= 11 is 5.28. The summed E-state index contributed by atoms with van der Waals surface area (Å²) in [5.41, 5.74) is 0. The van der Waals surface area contributed by atoms with Crippen LogP contribution in [-0.4, -0.2) is 4.98 Å². The molecule has 0 bridgehead atoms. The van der Waals surface area contributed by atoms with Gasteiger partial charge in [0.15, 0.2) is 0 Å². The lowest BCUT2D eigenvalue weighted by atomic mass is 10.5. The Bertz CT molecular complexity index is 511. The Balaban J connectivity index is 2.73. The molecule has 0 aliphatic heterocycles. The van der Waals surface area contributed by atoms with Crippen LogP contribution in [0.4, 0.5) is 0 Å². The van der Waals surface area contributed by atoms with Crippen LogP contribution in [0.2, 0.25) is 0 Å². The van der Waals surface area contributed by atoms with Gasteiger partial charge in [-0.2, -0.15) is 0 Å². The molecule has 3 rings (SSSR count). The van der Waals surface area contributed by atoms with Gasteiger partial charge in [0, 0.05) is 0 Å². The first-order chi connectivity index (χ1) is 5.36. The maximum absolute atomic E-state index is 5.28. The monoisotopic (exact) mass is 235 g/mol. The zero-order valence-corrected chi connectivity index (χ0v) is 9.12. The molecule has 0 aliphatic rings. The molecule has 0 radical (unpaired) electrons. The Hall–Kier alpha value is 0.250. The normalized spacial score (nSPS) is 12.0. The minimum absolute atomic E-state index is 1.06. The zero-order chi connectivity index (χ0) is 7.42. The highest BCUT2D eigenvalue weighted by molar-refractivity contribution is 7.81. The van der Waals surface area contributed by atoms with Gasteiger partial charge in [-0.05, 0) is 0 Å². The van der Waals surface area contributed by atoms with Gasteiger partial charge in [0.05, 0.1) is 13.9 Å². The van der Waals surface area contributed by atoms with Crippen molar-refractivity contribution in [1.29, 1.82) is 0 Å². The minimum atomic E-state index is 1.06. The molecule has 0 saturated carbocycles. The van der Waals surface area contributed by atoms with Gasteiger partial charge in [-0.1, -0.05) is 53.6 Å². The number of hydrogen-bond donors (Lipinski definition) is 1. The first-order valence-electron chi connectivity index (χ1n) is 2.85. The maximum Gasteiger partial charge on any atom is 0.124 e. The van der Waals surface area contributed by atoms with E-state index in [0.717, 1.165) is 4.51 Å². The second kappa shape index (κ2) is 2.14. The van der Waals surface area contributed by atoms with E-state index in [0.29, 0.717) is 0 Å². The summed E-state index contributed by atoms with van der Waals surface area (Å²) in [4.78, 5) is 5.85. The molecule has 3 aromatic heterocycles. The fourth-order valence-electron chi connectivity index (χ4n) is 0.893. The summed E-state index contributed by atoms with van der Waals surface area (Å²) in [6.45, 7) is 0. The maximum atomic E-state index is 5.28. The largest absolute Gasteiger partial charge is 0.335 e. The molecule has 1 N–H and O–H groups in total. The van der Waals surface area contributed by atoms with E-state index in [2.05, 4.69) is 4.98 Å². The van der Waals surface area contributed by atoms with Crippen LogP contribution < -0.4 is 0 Å². The van der Waals surface area contributed by atoms with Crippen LogP contribution in [0.5, 0.6) is 0 Å². The highest BCUT2D eigenvalue weighted by atomic mass is 32.9. The van der Waals surface area contributed by atoms with Gasteiger partial charge < -0.3 is 4.98 Å². The molecular formula is C5HNS5. The number of hydrogen-bond acceptors (Lipinski definition) is 5. The Morgan fingerprint density at radius 2 is 1.45 bits per heavy atom. The van der Waals surface area contributed by atoms with Crippen molar-refractivity contribution >= 4 is 72.6 Å². The van der Waals surface area contributed by atoms with Crippen molar-refractivity contribution < 1.29 is 0 Å². The van der Waals surface area contributed by atoms with E-state index in [1.54, 1.807) is 41.4 Å². The quantitative estimate of drug-likeness (QED) is 0.454. The summed E-state index contributed by atoms with van der Waals surface area (Å²) in [6, 6.07) is 0. The van der Waals surface area contributed by atoms with E-state index in [1.807, 2.05) is 0 Å². The van der Waals surface area contributed by atoms with E-state index in [1.165, 1.54) is 19.1 Å². The average molecular weight is 235 g/mol. The molecule has 0 atom stereocenters. The van der Waals surface area contributed by atoms with E-state index in [4.69, 9.17) is 12.2 Å². The van der Waals surface area contributed by atoms with Crippen LogP contribution in [0.3, 0.4) is 0 Å². The van der Waals surface area contributed by atoms with Crippen molar-refractivity contribution in [2.75, 3.05) is 0 Å². The number of aromatic nitrogens is 1. The van der Waals surface area contributed by atoms with E-state index in [-0.39, 0.29) is 0 Å². The smallest absolute Gasteiger partial charge is 0.124 e. The Morgan fingerprint density at radius 3 is 1.82 bits per heavy atom. The summed E-state index contributed by atoms with van der Waals surface area (Å²) < 4.78 is 3.61. The van der Waals surface area contributed by atoms with Crippen LogP contribution in [-0.2, 0) is 0 Å². The highest BCUT2D eigenvalue weighted by Crippen LogP contribution is 2.40. The van der Waals surface area contributed by atoms with Crippen molar-refractivity contribution in [1.82, 2.24) is 4.98 Å². The molecular weight excluding hydrogens is 234 g/mol. The highest BCUT2D eigenvalue weighted by Gasteiger charge is 2.09. The van der Waals surface area contributed by atoms with Crippen molar-refractivity contribution in [2.24, 2.45) is 0 Å². The number of H-pyrrole nitrogens is 1. The van der Waals surface area contributed by atoms with Gasteiger partial charge >= 0.3 is 0 Å². The molecule has 3 heterocycles. The number of aromatic amines is 1. The molecule has 0 amide bonds. The van der Waals surface area contributed by atoms with Crippen molar-refractivity contribution in [3.63, 3.8) is 0 Å². The topological polar surface area (TPSA) is 15.8 Å². The van der Waals surface area contributed by atoms with Crippen molar-refractivity contribution in [3.8, 4) is 0 Å². The molecule has 0 aromatic carbocycles. The lowest BCUT2D eigenvalue weighted by Crippen LogP contribution is -1.79. The van der Waals surface area contributed by atoms with Crippen LogP contribution in [0.25, 0.3) is 19.1 Å². The third-order valence-electron chi connectivity index (χ3n) is 1.47. The van der Waals surface area contributed by atoms with Crippen LogP contribution >= 0.6 is 53.6 Å². The van der Waals surface area contributed by atoms with Gasteiger partial charge in [-0.15, -0.1) is 0 Å². The third-order valence-corrected chi connectivity index (χ3v) is 7.16. The predicted molar refractivity (Wildman–Crippen MR) is 58.1 cm³/mol. The van der Waals surface area contributed by atoms with E-state index < -0.39 is 0 Å². The molecule has 1 nitrogen and oxygen atoms in total. The lowest BCUT2D eigenvalue weighted by Gasteiger charge is -2.04. The van der Waals surface area contributed by atoms with Gasteiger partial charge in [0.25, 0.3) is 0 Å². The molecule has 56 valence electrons. The molecule has 0 spiro atoms. The first-order valence-corrected chi connectivity index (χ1v) is 7.56. The van der Waals surface area contributed by atoms with Gasteiger partial charge in [-0.25, -0.2) is 0 Å². The van der Waals surface area contributed by atoms with E-state index in [9.17, 15) is 0 Å². The Labute approximate surface area is 81.7 Å². The lowest BCUT2D eigenvalue weighted by molar-refractivity contribution is 1.60. The number of pyridine rings is 1. The van der Waals surface area contributed by atoms with Crippen molar-refractivity contribution in [3.05, 3.63) is 4.51 Å². The molecule has 6 heteroatoms. The third kappa shape index (κ3) is 0.762. The summed E-state index contributed by atoms with van der Waals surface area (Å²) in [6.07, 6.45) is 0. The fourth-order valence-corrected chi connectivity index (χ4v) is 5.62. The Morgan fingerprint density at radius 1 is 0.909 bits per heavy atom. The predicted octanol–water partition coefficient (Wildman–Crippen LogP) is 4.30. The molecule has 0 unspecified atom stereocenters. The number of nitrogens with one attached hydrogen (secondary N) is 1. The fraction of sp³-hybridized carbons (Fsp3) is 0. The molecule has 11 heavy (non-hydrogen) atoms. The summed E-state index contributed by atoms with van der Waals surface area (Å²) in [5.74, 6) is 0. The minimum Gasteiger partial charge on any atom is -0.335 e. The van der Waals surface area contributed by atoms with Crippen molar-refractivity contribution in [2.45, 2.75) is 0 Å². The number of rotatable bonds is 0. The molecule has 0 aliphatic carbocycles. The number of fused-ring (bicyclic) bond motifs is 2. The van der Waals surface area contributed by atoms with Gasteiger partial charge in [0.1, 0.15) is 9.66 Å². The summed E-state index contributed by atoms with van der Waals surface area (Å²) in [5, 5.41) is 0. The second-order valence-corrected chi connectivity index (χ2v) is 6.81. The molecule has 3 aromatic rings. The second-order valence-electron chi connectivity index (χ2n) is 2.10. The first kappa shape index (κ1) is 6.73. The average Bonchev–Trinajstić information content (AvgIpc) is 1.80. The van der Waals surface area contributed by atoms with Gasteiger partial charge in [0.2, 0.25) is 0 Å². The SMILES string of the molecule is S=c1c2ssc2[nH]c2ssc12. The summed E-state index contributed by atoms with van der Waals surface area (Å²) in [7, 11) is 7.09. The van der Waals surface area contributed by atoms with Gasteiger partial charge in [-0.3, -0.25) is 0 Å². The molecule has 0 fully saturated rings. The molecule has 0 saturated heterocycles. The Kier molecular flexibility index (Phi) is 1.31. The van der Waals surface area contributed by atoms with E-state index >= 15 is 0 Å². The standard InChI is InChI=1S/C5HNS5/c7-1-2-4(10-8-2)6-5-3(1)9-11-5/h(H,6,7). The van der Waals surface area contributed by atoms with Crippen LogP contribution in [0.15, 0.2) is 0 Å².